The lowest BCUT2D eigenvalue weighted by Gasteiger charge is -2.09. The predicted octanol–water partition coefficient (Wildman–Crippen LogP) is 2.78. The second-order valence-electron chi connectivity index (χ2n) is 4.90. The maximum Gasteiger partial charge on any atom is 0.407 e. The highest BCUT2D eigenvalue weighted by Gasteiger charge is 2.04. The molecule has 0 radical (unpaired) electrons. The number of nitrogens with two attached hydrogens (primary N) is 1. The average molecular weight is 264 g/mol. The topological polar surface area (TPSA) is 64.3 Å². The van der Waals surface area contributed by atoms with Crippen LogP contribution in [0.5, 0.6) is 0 Å². The van der Waals surface area contributed by atoms with Gasteiger partial charge in [-0.25, -0.2) is 4.79 Å². The van der Waals surface area contributed by atoms with Crippen molar-refractivity contribution < 1.29 is 9.53 Å². The summed E-state index contributed by atoms with van der Waals surface area (Å²) in [6.07, 6.45) is 1.43. The fourth-order valence-corrected chi connectivity index (χ4v) is 1.70. The van der Waals surface area contributed by atoms with Crippen LogP contribution in [0.15, 0.2) is 24.3 Å². The zero-order valence-electron chi connectivity index (χ0n) is 11.8. The van der Waals surface area contributed by atoms with E-state index in [0.29, 0.717) is 25.6 Å². The van der Waals surface area contributed by atoms with Crippen molar-refractivity contribution in [2.45, 2.75) is 39.2 Å². The van der Waals surface area contributed by atoms with Gasteiger partial charge in [0.15, 0.2) is 0 Å². The van der Waals surface area contributed by atoms with Crippen LogP contribution in [0, 0.1) is 0 Å². The summed E-state index contributed by atoms with van der Waals surface area (Å²) in [5, 5.41) is 2.71. The smallest absolute Gasteiger partial charge is 0.407 e. The van der Waals surface area contributed by atoms with Gasteiger partial charge in [-0.05, 0) is 36.4 Å². The van der Waals surface area contributed by atoms with Crippen LogP contribution in [0.3, 0.4) is 0 Å². The molecule has 1 amide bonds. The molecule has 0 atom stereocenters. The lowest BCUT2D eigenvalue weighted by molar-refractivity contribution is 0.139. The number of rotatable bonds is 7. The van der Waals surface area contributed by atoms with Crippen LogP contribution < -0.4 is 11.1 Å². The number of carbonyl (C=O) groups is 1. The van der Waals surface area contributed by atoms with Crippen molar-refractivity contribution in [1.29, 1.82) is 0 Å². The van der Waals surface area contributed by atoms with Crippen molar-refractivity contribution in [2.75, 3.05) is 13.1 Å². The highest BCUT2D eigenvalue weighted by Crippen LogP contribution is 2.15. The van der Waals surface area contributed by atoms with Crippen LogP contribution in [-0.2, 0) is 11.3 Å². The van der Waals surface area contributed by atoms with Crippen molar-refractivity contribution in [3.8, 4) is 0 Å². The molecule has 0 aliphatic rings. The lowest BCUT2D eigenvalue weighted by atomic mass is 10.0. The van der Waals surface area contributed by atoms with Gasteiger partial charge in [-0.2, -0.15) is 0 Å². The first kappa shape index (κ1) is 15.5. The zero-order chi connectivity index (χ0) is 14.1. The molecule has 4 nitrogen and oxygen atoms in total. The number of alkyl carbamates (subject to hydrolysis) is 1. The Morgan fingerprint density at radius 2 is 2.16 bits per heavy atom. The molecule has 0 aliphatic heterocycles. The van der Waals surface area contributed by atoms with Crippen LogP contribution in [0.4, 0.5) is 4.79 Å². The van der Waals surface area contributed by atoms with Gasteiger partial charge in [0.25, 0.3) is 0 Å². The Bertz CT molecular complexity index is 391. The molecule has 19 heavy (non-hydrogen) atoms. The third-order valence-electron chi connectivity index (χ3n) is 2.89. The van der Waals surface area contributed by atoms with E-state index in [-0.39, 0.29) is 6.09 Å². The van der Waals surface area contributed by atoms with Crippen molar-refractivity contribution in [3.63, 3.8) is 0 Å². The number of amides is 1. The molecule has 0 aliphatic carbocycles. The van der Waals surface area contributed by atoms with Crippen LogP contribution >= 0.6 is 0 Å². The summed E-state index contributed by atoms with van der Waals surface area (Å²) in [5.74, 6) is 0.477. The molecule has 3 N–H and O–H groups in total. The van der Waals surface area contributed by atoms with Gasteiger partial charge >= 0.3 is 6.09 Å². The summed E-state index contributed by atoms with van der Waals surface area (Å²) in [5.41, 5.74) is 7.65. The Labute approximate surface area is 115 Å². The van der Waals surface area contributed by atoms with E-state index >= 15 is 0 Å². The number of nitrogens with one attached hydrogen (secondary N) is 1. The minimum Gasteiger partial charge on any atom is -0.445 e. The van der Waals surface area contributed by atoms with Gasteiger partial charge < -0.3 is 15.8 Å². The number of hydrogen-bond acceptors (Lipinski definition) is 3. The van der Waals surface area contributed by atoms with Crippen molar-refractivity contribution in [1.82, 2.24) is 5.32 Å². The summed E-state index contributed by atoms with van der Waals surface area (Å²) in [7, 11) is 0. The SMILES string of the molecule is CC(C)c1cccc(COC(=O)NCCCCN)c1. The molecule has 1 aromatic rings. The van der Waals surface area contributed by atoms with E-state index < -0.39 is 0 Å². The van der Waals surface area contributed by atoms with Gasteiger partial charge in [0, 0.05) is 6.54 Å². The van der Waals surface area contributed by atoms with E-state index in [1.165, 1.54) is 5.56 Å². The van der Waals surface area contributed by atoms with Crippen LogP contribution in [0.25, 0.3) is 0 Å². The summed E-state index contributed by atoms with van der Waals surface area (Å²) in [6.45, 7) is 5.86. The molecule has 0 saturated heterocycles. The highest BCUT2D eigenvalue weighted by atomic mass is 16.5. The first-order valence-corrected chi connectivity index (χ1v) is 6.83. The van der Waals surface area contributed by atoms with Gasteiger partial charge in [-0.15, -0.1) is 0 Å². The summed E-state index contributed by atoms with van der Waals surface area (Å²) < 4.78 is 5.16. The average Bonchev–Trinajstić information content (AvgIpc) is 2.41. The fourth-order valence-electron chi connectivity index (χ4n) is 1.70. The summed E-state index contributed by atoms with van der Waals surface area (Å²) in [4.78, 5) is 11.4. The maximum absolute atomic E-state index is 11.4. The number of benzene rings is 1. The molecule has 0 fully saturated rings. The predicted molar refractivity (Wildman–Crippen MR) is 77.0 cm³/mol. The second-order valence-corrected chi connectivity index (χ2v) is 4.90. The van der Waals surface area contributed by atoms with Crippen molar-refractivity contribution in [3.05, 3.63) is 35.4 Å². The number of hydrogen-bond donors (Lipinski definition) is 2. The van der Waals surface area contributed by atoms with Crippen LogP contribution in [0.2, 0.25) is 0 Å². The quantitative estimate of drug-likeness (QED) is 0.744. The molecular formula is C15H24N2O2. The molecular weight excluding hydrogens is 240 g/mol. The normalized spacial score (nSPS) is 10.5. The van der Waals surface area contributed by atoms with E-state index in [9.17, 15) is 4.79 Å². The Balaban J connectivity index is 2.31. The minimum atomic E-state index is -0.369. The maximum atomic E-state index is 11.4. The van der Waals surface area contributed by atoms with E-state index in [4.69, 9.17) is 10.5 Å². The second kappa shape index (κ2) is 8.53. The molecule has 106 valence electrons. The third-order valence-corrected chi connectivity index (χ3v) is 2.89. The molecule has 1 aromatic carbocycles. The molecule has 0 unspecified atom stereocenters. The standard InChI is InChI=1S/C15H24N2O2/c1-12(2)14-7-5-6-13(10-14)11-19-15(18)17-9-4-3-8-16/h5-7,10,12H,3-4,8-9,11,16H2,1-2H3,(H,17,18). The Morgan fingerprint density at radius 3 is 2.84 bits per heavy atom. The van der Waals surface area contributed by atoms with Crippen LogP contribution in [0.1, 0.15) is 43.7 Å². The van der Waals surface area contributed by atoms with E-state index in [1.54, 1.807) is 0 Å². The number of ether oxygens (including phenoxy) is 1. The lowest BCUT2D eigenvalue weighted by Crippen LogP contribution is -2.25. The first-order valence-electron chi connectivity index (χ1n) is 6.83. The molecule has 4 heteroatoms. The molecule has 1 rings (SSSR count). The molecule has 0 bridgehead atoms. The monoisotopic (exact) mass is 264 g/mol. The van der Waals surface area contributed by atoms with Gasteiger partial charge in [0.2, 0.25) is 0 Å². The Hall–Kier alpha value is -1.55. The highest BCUT2D eigenvalue weighted by molar-refractivity contribution is 5.67. The molecule has 0 spiro atoms. The minimum absolute atomic E-state index is 0.309. The first-order chi connectivity index (χ1) is 9.13. The Kier molecular flexibility index (Phi) is 6.97. The fraction of sp³-hybridized carbons (Fsp3) is 0.533. The van der Waals surface area contributed by atoms with Crippen LogP contribution in [-0.4, -0.2) is 19.2 Å². The van der Waals surface area contributed by atoms with Gasteiger partial charge in [-0.1, -0.05) is 38.1 Å². The Morgan fingerprint density at radius 1 is 1.37 bits per heavy atom. The third kappa shape index (κ3) is 6.25. The van der Waals surface area contributed by atoms with Gasteiger partial charge in [0.1, 0.15) is 6.61 Å². The largest absolute Gasteiger partial charge is 0.445 e. The summed E-state index contributed by atoms with van der Waals surface area (Å²) in [6, 6.07) is 8.12. The number of unbranched alkanes of at least 4 members (excludes halogenated alkanes) is 1. The van der Waals surface area contributed by atoms with E-state index in [1.807, 2.05) is 12.1 Å². The molecule has 0 saturated carbocycles. The van der Waals surface area contributed by atoms with Gasteiger partial charge in [-0.3, -0.25) is 0 Å². The molecule has 0 heterocycles. The van der Waals surface area contributed by atoms with E-state index in [2.05, 4.69) is 31.3 Å². The number of carbonyl (C=O) groups excluding carboxylic acids is 1. The molecule has 0 aromatic heterocycles. The summed E-state index contributed by atoms with van der Waals surface area (Å²) >= 11 is 0. The zero-order valence-corrected chi connectivity index (χ0v) is 11.8. The van der Waals surface area contributed by atoms with Gasteiger partial charge in [0.05, 0.1) is 0 Å². The van der Waals surface area contributed by atoms with E-state index in [0.717, 1.165) is 18.4 Å². The van der Waals surface area contributed by atoms with Crippen molar-refractivity contribution >= 4 is 6.09 Å². The van der Waals surface area contributed by atoms with Crippen molar-refractivity contribution in [2.24, 2.45) is 5.73 Å².